The fourth-order valence-corrected chi connectivity index (χ4v) is 24.5. The molecule has 9 saturated heterocycles. The summed E-state index contributed by atoms with van der Waals surface area (Å²) in [6, 6.07) is 0. The Hall–Kier alpha value is -3.60. The molecule has 0 aromatic carbocycles. The maximum Gasteiger partial charge on any atom is 0.336 e. The van der Waals surface area contributed by atoms with Gasteiger partial charge in [0.2, 0.25) is 6.29 Å². The van der Waals surface area contributed by atoms with E-state index in [1.165, 1.54) is 32.9 Å². The number of esters is 2. The van der Waals surface area contributed by atoms with Crippen molar-refractivity contribution < 1.29 is 237 Å². The number of carbonyl (C=O) groups excluding carboxylic acids is 2. The van der Waals surface area contributed by atoms with Crippen molar-refractivity contribution in [2.24, 2.45) is 50.2 Å². The van der Waals surface area contributed by atoms with Crippen molar-refractivity contribution in [3.05, 3.63) is 36.0 Å². The fraction of sp³-hybridized carbons (Fsp3) is 0.913. The van der Waals surface area contributed by atoms with Crippen LogP contribution in [0.2, 0.25) is 0 Å². The topological polar surface area (TPSA) is 756 Å². The van der Waals surface area contributed by atoms with E-state index >= 15 is 9.59 Å². The zero-order valence-corrected chi connectivity index (χ0v) is 79.9. The zero-order chi connectivity index (χ0) is 103. The minimum absolute atomic E-state index is 0.00737. The van der Waals surface area contributed by atoms with Gasteiger partial charge in [0.05, 0.1) is 87.9 Å². The molecule has 9 heterocycles. The Kier molecular flexibility index (Phi) is 35.0. The van der Waals surface area contributed by atoms with Gasteiger partial charge in [-0.3, -0.25) is 4.79 Å². The van der Waals surface area contributed by atoms with Gasteiger partial charge in [-0.1, -0.05) is 72.3 Å². The standard InChI is InChI=1S/C92H148O48/c1-13-88(9,140-81-68(118)58(108)50(100)33(2)124-81)20-14-15-36(26-93)75(120)132-49-25-92(85(121)139-84-74(62(112)55(105)42(29-96)130-84)138-80-69(119)71(135-78-66(116)59(109)53(103)40(27-94)127-78)70(35(4)126-80)134-77-65(115)56(106)43(30-97)129-77)38(23-86(49,5)6)37-16-17-46-89(10)21-19-48(87(7,8)45(89)18-22-90(46,11)91(37,12)24-47(92)99)133-83-73(137-79-67(117)60(110)54(104)41(28-95)128-79)63(113)57(107)44(131-83)32-123-82-72(61(111)51(101)34(3)125-82)136-76-64(114)52(102)39(98)31-122-76/h13,15-16,33-35,38-74,76-84,93-119H,1,14,17-32H2,2-12H3. The highest BCUT2D eigenvalue weighted by Crippen LogP contribution is 2.76. The molecule has 0 radical (unpaired) electrons. The molecule has 14 rings (SSSR count). The van der Waals surface area contributed by atoms with Gasteiger partial charge in [0.1, 0.15) is 195 Å². The normalized spacial score (nSPS) is 51.8. The molecular weight excluding hydrogens is 1870 g/mol. The number of aliphatic hydroxyl groups excluding tert-OH is 27. The van der Waals surface area contributed by atoms with Crippen molar-refractivity contribution in [3.8, 4) is 0 Å². The molecule has 27 N–H and O–H groups in total. The Morgan fingerprint density at radius 2 is 0.900 bits per heavy atom. The second kappa shape index (κ2) is 43.8. The van der Waals surface area contributed by atoms with Gasteiger partial charge in [0.15, 0.2) is 56.4 Å². The highest BCUT2D eigenvalue weighted by atomic mass is 16.8. The summed E-state index contributed by atoms with van der Waals surface area (Å²) in [5.74, 6) is -4.00. The van der Waals surface area contributed by atoms with Crippen LogP contribution in [0.5, 0.6) is 0 Å². The average molecular weight is 2020 g/mol. The Morgan fingerprint density at radius 3 is 1.47 bits per heavy atom. The Bertz CT molecular complexity index is 4190. The minimum atomic E-state index is -2.30. The third-order valence-electron chi connectivity index (χ3n) is 33.6. The molecule has 5 aliphatic carbocycles. The first kappa shape index (κ1) is 112. The summed E-state index contributed by atoms with van der Waals surface area (Å²) >= 11 is 0. The second-order valence-corrected chi connectivity index (χ2v) is 42.8. The molecule has 140 heavy (non-hydrogen) atoms. The lowest BCUT2D eigenvalue weighted by molar-refractivity contribution is -0.390. The van der Waals surface area contributed by atoms with E-state index in [9.17, 15) is 138 Å². The summed E-state index contributed by atoms with van der Waals surface area (Å²) in [6.07, 6.45) is -75.9. The molecule has 48 nitrogen and oxygen atoms in total. The van der Waals surface area contributed by atoms with E-state index in [0.29, 0.717) is 31.3 Å². The monoisotopic (exact) mass is 2020 g/mol. The van der Waals surface area contributed by atoms with Crippen LogP contribution in [-0.2, 0) is 99.6 Å². The zero-order valence-electron chi connectivity index (χ0n) is 79.9. The van der Waals surface area contributed by atoms with Crippen LogP contribution in [0.3, 0.4) is 0 Å². The number of hydrogen-bond donors (Lipinski definition) is 27. The summed E-state index contributed by atoms with van der Waals surface area (Å²) in [7, 11) is 0. The van der Waals surface area contributed by atoms with E-state index in [2.05, 4.69) is 26.5 Å². The fourth-order valence-electron chi connectivity index (χ4n) is 24.5. The van der Waals surface area contributed by atoms with Gasteiger partial charge in [-0.25, -0.2) is 4.79 Å². The van der Waals surface area contributed by atoms with E-state index in [4.69, 9.17) is 90.0 Å². The molecular formula is C92H148O48. The lowest BCUT2D eigenvalue weighted by atomic mass is 9.33. The predicted molar refractivity (Wildman–Crippen MR) is 462 cm³/mol. The van der Waals surface area contributed by atoms with E-state index in [0.717, 1.165) is 0 Å². The van der Waals surface area contributed by atoms with Gasteiger partial charge in [-0.15, -0.1) is 6.58 Å². The summed E-state index contributed by atoms with van der Waals surface area (Å²) in [5.41, 5.74) is -7.86. The SMILES string of the molecule is C=CC(C)(CCC=C(CO)C(=O)OC1CC2(C(=O)OC3OC(CO)C(O)C(O)C3OC3OC(C)C(OC4OC(CO)C(O)C4O)C(OC4OC(CO)C(O)C(O)C4O)C3O)C(O)CC3(C)C(=CCC4C5(C)CCC(OC6OC(COC7OC(C)C(O)C(O)C7OC7OCC(O)C(O)C7O)C(O)C(O)C6OC6OC(CO)C(O)C(O)C6O)C(C)(C)C5CCC43C)C2CC1(C)C)OC1OC(C)C(O)C(O)C1O. The molecule has 0 amide bonds. The molecule has 54 unspecified atom stereocenters. The number of fused-ring (bicyclic) bond motifs is 7. The molecule has 54 atom stereocenters. The number of allylic oxidation sites excluding steroid dienone is 3. The van der Waals surface area contributed by atoms with Crippen LogP contribution < -0.4 is 0 Å². The Labute approximate surface area is 807 Å². The Morgan fingerprint density at radius 1 is 0.443 bits per heavy atom. The lowest BCUT2D eigenvalue weighted by Gasteiger charge is -2.72. The molecule has 0 spiro atoms. The first-order valence-corrected chi connectivity index (χ1v) is 48.3. The van der Waals surface area contributed by atoms with Crippen molar-refractivity contribution in [3.63, 3.8) is 0 Å². The maximum absolute atomic E-state index is 16.8. The van der Waals surface area contributed by atoms with Gasteiger partial charge in [-0.05, 0) is 125 Å². The van der Waals surface area contributed by atoms with Gasteiger partial charge in [0, 0.05) is 11.8 Å². The molecule has 48 heteroatoms. The number of rotatable bonds is 30. The van der Waals surface area contributed by atoms with Crippen molar-refractivity contribution in [1.29, 1.82) is 0 Å². The third-order valence-corrected chi connectivity index (χ3v) is 33.6. The average Bonchev–Trinajstić information content (AvgIpc) is 0.714. The van der Waals surface area contributed by atoms with E-state index in [1.807, 2.05) is 20.8 Å². The van der Waals surface area contributed by atoms with Gasteiger partial charge < -0.3 is 228 Å². The van der Waals surface area contributed by atoms with Crippen LogP contribution in [0.25, 0.3) is 0 Å². The summed E-state index contributed by atoms with van der Waals surface area (Å²) in [4.78, 5) is 31.8. The largest absolute Gasteiger partial charge is 0.458 e. The van der Waals surface area contributed by atoms with Crippen molar-refractivity contribution in [1.82, 2.24) is 0 Å². The van der Waals surface area contributed by atoms with E-state index in [-0.39, 0.29) is 49.5 Å². The first-order chi connectivity index (χ1) is 65.7. The third kappa shape index (κ3) is 20.6. The van der Waals surface area contributed by atoms with Crippen LogP contribution in [-0.4, -0.2) is 484 Å². The smallest absolute Gasteiger partial charge is 0.336 e. The molecule has 9 aliphatic heterocycles. The second-order valence-electron chi connectivity index (χ2n) is 42.8. The quantitative estimate of drug-likeness (QED) is 0.0137. The Balaban J connectivity index is 0.772. The van der Waals surface area contributed by atoms with Crippen molar-refractivity contribution >= 4 is 11.9 Å². The number of ether oxygens (including phenoxy) is 19. The van der Waals surface area contributed by atoms with Crippen LogP contribution in [0.4, 0.5) is 0 Å². The van der Waals surface area contributed by atoms with Crippen LogP contribution >= 0.6 is 0 Å². The van der Waals surface area contributed by atoms with Gasteiger partial charge in [-0.2, -0.15) is 0 Å². The summed E-state index contributed by atoms with van der Waals surface area (Å²) in [6.45, 7) is 17.7. The molecule has 4 saturated carbocycles. The molecule has 0 bridgehead atoms. The first-order valence-electron chi connectivity index (χ1n) is 48.3. The highest BCUT2D eigenvalue weighted by molar-refractivity contribution is 5.89. The van der Waals surface area contributed by atoms with Crippen LogP contribution in [0.1, 0.15) is 140 Å². The number of hydrogen-bond acceptors (Lipinski definition) is 48. The summed E-state index contributed by atoms with van der Waals surface area (Å²) < 4.78 is 116. The minimum Gasteiger partial charge on any atom is -0.458 e. The summed E-state index contributed by atoms with van der Waals surface area (Å²) in [5, 5.41) is 302. The molecule has 14 aliphatic rings. The highest BCUT2D eigenvalue weighted by Gasteiger charge is 2.74. The lowest BCUT2D eigenvalue weighted by Crippen LogP contribution is -2.70. The maximum atomic E-state index is 16.8. The van der Waals surface area contributed by atoms with Crippen LogP contribution in [0.15, 0.2) is 36.0 Å². The van der Waals surface area contributed by atoms with Crippen LogP contribution in [0, 0.1) is 50.2 Å². The number of aliphatic hydroxyl groups is 27. The number of carbonyl (C=O) groups is 2. The molecule has 0 aromatic heterocycles. The van der Waals surface area contributed by atoms with E-state index < -0.39 is 391 Å². The van der Waals surface area contributed by atoms with E-state index in [1.54, 1.807) is 20.8 Å². The van der Waals surface area contributed by atoms with Crippen molar-refractivity contribution in [2.45, 2.75) is 428 Å². The molecule has 804 valence electrons. The molecule has 13 fully saturated rings. The van der Waals surface area contributed by atoms with Gasteiger partial charge in [0.25, 0.3) is 0 Å². The molecule has 0 aromatic rings. The predicted octanol–water partition coefficient (Wildman–Crippen LogP) is -9.42. The van der Waals surface area contributed by atoms with Crippen molar-refractivity contribution in [2.75, 3.05) is 46.2 Å². The van der Waals surface area contributed by atoms with Gasteiger partial charge >= 0.3 is 11.9 Å².